The zero-order valence-corrected chi connectivity index (χ0v) is 20.8. The molecule has 1 heterocycles. The summed E-state index contributed by atoms with van der Waals surface area (Å²) in [5.41, 5.74) is -0.116. The van der Waals surface area contributed by atoms with Crippen molar-refractivity contribution < 1.29 is 31.4 Å². The first-order valence-electron chi connectivity index (χ1n) is 9.82. The summed E-state index contributed by atoms with van der Waals surface area (Å²) in [5.74, 6) is -0.829. The van der Waals surface area contributed by atoms with Crippen molar-refractivity contribution in [1.82, 2.24) is 10.2 Å². The zero-order valence-electron chi connectivity index (χ0n) is 19.2. The molecular weight excluding hydrogens is 493 g/mol. The normalized spacial score (nSPS) is 13.3. The van der Waals surface area contributed by atoms with Gasteiger partial charge in [-0.15, -0.1) is 5.10 Å². The maximum atomic E-state index is 12.9. The van der Waals surface area contributed by atoms with Gasteiger partial charge in [0.1, 0.15) is 6.54 Å². The van der Waals surface area contributed by atoms with Crippen molar-refractivity contribution in [3.8, 4) is 0 Å². The molecule has 2 aromatic carbocycles. The van der Waals surface area contributed by atoms with E-state index in [2.05, 4.69) is 66.7 Å². The number of hydrogen-bond acceptors (Lipinski definition) is 6. The number of aryl methyl sites for hydroxylation is 1. The summed E-state index contributed by atoms with van der Waals surface area (Å²) in [6.07, 6.45) is -3.73. The van der Waals surface area contributed by atoms with Gasteiger partial charge in [-0.05, 0) is 6.07 Å². The monoisotopic (exact) mass is 516 g/mol. The molecule has 3 aromatic rings. The van der Waals surface area contributed by atoms with Crippen LogP contribution in [-0.2, 0) is 23.5 Å². The molecule has 0 bridgehead atoms. The van der Waals surface area contributed by atoms with Crippen molar-refractivity contribution >= 4 is 34.3 Å². The molecule has 0 fully saturated rings. The van der Waals surface area contributed by atoms with Crippen molar-refractivity contribution in [3.05, 3.63) is 70.1 Å². The van der Waals surface area contributed by atoms with Crippen LogP contribution >= 0.6 is 11.6 Å². The van der Waals surface area contributed by atoms with Gasteiger partial charge in [0.05, 0.1) is 47.4 Å². The van der Waals surface area contributed by atoms with Crippen LogP contribution in [0.1, 0.15) is 22.6 Å². The van der Waals surface area contributed by atoms with Gasteiger partial charge in [-0.3, -0.25) is 4.21 Å². The first kappa shape index (κ1) is 27.5. The third kappa shape index (κ3) is 7.93. The highest BCUT2D eigenvalue weighted by Gasteiger charge is 2.36. The SMILES string of the molecule is C[N+](C)(C)Cc1ccccc1.Cc1nnc(N=C([O-])c2ccc(C(F)(F)F)c(S(C)=O)c2Cl)o1. The third-order valence-corrected chi connectivity index (χ3v) is 5.64. The lowest BCUT2D eigenvalue weighted by Gasteiger charge is -2.23. The van der Waals surface area contributed by atoms with Crippen LogP contribution in [0.5, 0.6) is 0 Å². The largest absolute Gasteiger partial charge is 0.858 e. The second kappa shape index (κ2) is 11.1. The molecule has 0 amide bonds. The van der Waals surface area contributed by atoms with Gasteiger partial charge in [0.15, 0.2) is 0 Å². The van der Waals surface area contributed by atoms with Crippen molar-refractivity contribution in [1.29, 1.82) is 0 Å². The van der Waals surface area contributed by atoms with Crippen molar-refractivity contribution in [2.45, 2.75) is 24.5 Å². The Balaban J connectivity index is 0.000000310. The Hall–Kier alpha value is -2.76. The highest BCUT2D eigenvalue weighted by Crippen LogP contribution is 2.38. The lowest BCUT2D eigenvalue weighted by molar-refractivity contribution is -0.884. The molecule has 1 atom stereocenters. The Bertz CT molecular complexity index is 1180. The van der Waals surface area contributed by atoms with E-state index in [1.165, 1.54) is 12.5 Å². The first-order chi connectivity index (χ1) is 15.7. The molecule has 0 aliphatic heterocycles. The topological polar surface area (TPSA) is 91.4 Å². The minimum atomic E-state index is -4.76. The van der Waals surface area contributed by atoms with Crippen LogP contribution in [0.4, 0.5) is 19.2 Å². The molecule has 7 nitrogen and oxygen atoms in total. The number of rotatable bonds is 5. The standard InChI is InChI=1S/C12H9ClF3N3O3S.C10H16N/c1-5-18-19-11(22-5)17-10(20)6-3-4-7(12(14,15)16)9(8(6)13)23(2)21;1-11(2,3)9-10-7-5-4-6-8-10/h3-4H,1-2H3,(H,17,19,20);4-8H,9H2,1-3H3/q;+1/p-1. The van der Waals surface area contributed by atoms with E-state index in [0.29, 0.717) is 6.07 Å². The van der Waals surface area contributed by atoms with Gasteiger partial charge in [0.2, 0.25) is 5.89 Å². The van der Waals surface area contributed by atoms with Crippen LogP contribution in [0.3, 0.4) is 0 Å². The quantitative estimate of drug-likeness (QED) is 0.289. The van der Waals surface area contributed by atoms with Gasteiger partial charge in [-0.1, -0.05) is 53.1 Å². The molecule has 34 heavy (non-hydrogen) atoms. The van der Waals surface area contributed by atoms with Gasteiger partial charge >= 0.3 is 12.2 Å². The van der Waals surface area contributed by atoms with Gasteiger partial charge in [-0.2, -0.15) is 13.2 Å². The van der Waals surface area contributed by atoms with Crippen molar-refractivity contribution in [2.24, 2.45) is 4.99 Å². The number of nitrogens with zero attached hydrogens (tertiary/aromatic N) is 4. The molecule has 184 valence electrons. The fraction of sp³-hybridized carbons (Fsp3) is 0.318. The Morgan fingerprint density at radius 2 is 1.76 bits per heavy atom. The summed E-state index contributed by atoms with van der Waals surface area (Å²) < 4.78 is 56.3. The molecule has 0 aliphatic rings. The van der Waals surface area contributed by atoms with E-state index in [0.717, 1.165) is 23.3 Å². The molecule has 0 saturated carbocycles. The summed E-state index contributed by atoms with van der Waals surface area (Å²) in [5, 5.41) is 18.4. The molecule has 0 N–H and O–H groups in total. The smallest absolute Gasteiger partial charge is 0.417 e. The van der Waals surface area contributed by atoms with Crippen LogP contribution in [0.15, 0.2) is 56.8 Å². The van der Waals surface area contributed by atoms with Crippen molar-refractivity contribution in [2.75, 3.05) is 27.4 Å². The second-order valence-corrected chi connectivity index (χ2v) is 9.90. The Kier molecular flexibility index (Phi) is 8.98. The molecular formula is C22H24ClF3N4O3S. The van der Waals surface area contributed by atoms with E-state index in [4.69, 9.17) is 16.0 Å². The van der Waals surface area contributed by atoms with Crippen molar-refractivity contribution in [3.63, 3.8) is 0 Å². The molecule has 12 heteroatoms. The minimum Gasteiger partial charge on any atom is -0.858 e. The van der Waals surface area contributed by atoms with Crippen LogP contribution in [0.25, 0.3) is 0 Å². The van der Waals surface area contributed by atoms with Crippen LogP contribution in [-0.4, -0.2) is 52.2 Å². The molecule has 3 rings (SSSR count). The molecule has 0 radical (unpaired) electrons. The fourth-order valence-corrected chi connectivity index (χ4v) is 4.26. The number of aromatic nitrogens is 2. The van der Waals surface area contributed by atoms with Gasteiger partial charge < -0.3 is 14.0 Å². The highest BCUT2D eigenvalue weighted by molar-refractivity contribution is 7.84. The van der Waals surface area contributed by atoms with E-state index >= 15 is 0 Å². The van der Waals surface area contributed by atoms with Crippen LogP contribution in [0, 0.1) is 6.92 Å². The van der Waals surface area contributed by atoms with Crippen LogP contribution < -0.4 is 5.11 Å². The Morgan fingerprint density at radius 1 is 1.15 bits per heavy atom. The Labute approximate surface area is 203 Å². The van der Waals surface area contributed by atoms with E-state index in [1.807, 2.05) is 0 Å². The Morgan fingerprint density at radius 3 is 2.24 bits per heavy atom. The third-order valence-electron chi connectivity index (χ3n) is 4.13. The number of aliphatic imine (C=N–C) groups is 1. The van der Waals surface area contributed by atoms with Gasteiger partial charge in [0, 0.05) is 30.2 Å². The lowest BCUT2D eigenvalue weighted by Crippen LogP contribution is -2.33. The zero-order chi connectivity index (χ0) is 25.7. The summed E-state index contributed by atoms with van der Waals surface area (Å²) in [4.78, 5) is 2.78. The maximum Gasteiger partial charge on any atom is 0.417 e. The molecule has 0 saturated heterocycles. The number of alkyl halides is 3. The fourth-order valence-electron chi connectivity index (χ4n) is 2.84. The highest BCUT2D eigenvalue weighted by atomic mass is 35.5. The minimum absolute atomic E-state index is 0.158. The van der Waals surface area contributed by atoms with Crippen LogP contribution in [0.2, 0.25) is 5.02 Å². The predicted octanol–water partition coefficient (Wildman–Crippen LogP) is 4.12. The summed E-state index contributed by atoms with van der Waals surface area (Å²) in [7, 11) is 4.54. The first-order valence-corrected chi connectivity index (χ1v) is 11.8. The van der Waals surface area contributed by atoms with E-state index in [-0.39, 0.29) is 17.5 Å². The average Bonchev–Trinajstić information content (AvgIpc) is 3.11. The molecule has 1 aromatic heterocycles. The van der Waals surface area contributed by atoms with E-state index in [9.17, 15) is 22.5 Å². The van der Waals surface area contributed by atoms with E-state index in [1.54, 1.807) is 0 Å². The number of halogens is 4. The molecule has 1 unspecified atom stereocenters. The summed E-state index contributed by atoms with van der Waals surface area (Å²) >= 11 is 5.84. The second-order valence-electron chi connectivity index (χ2n) is 8.21. The number of quaternary nitrogens is 1. The number of benzene rings is 2. The lowest BCUT2D eigenvalue weighted by atomic mass is 10.1. The summed E-state index contributed by atoms with van der Waals surface area (Å²) in [6.45, 7) is 2.57. The van der Waals surface area contributed by atoms with E-state index < -0.39 is 38.4 Å². The predicted molar refractivity (Wildman–Crippen MR) is 122 cm³/mol. The number of hydrogen-bond donors (Lipinski definition) is 0. The summed E-state index contributed by atoms with van der Waals surface area (Å²) in [6, 6.07) is 11.7. The molecule has 0 spiro atoms. The van der Waals surface area contributed by atoms with Gasteiger partial charge in [0.25, 0.3) is 0 Å². The van der Waals surface area contributed by atoms with Gasteiger partial charge in [-0.25, -0.2) is 4.99 Å². The average molecular weight is 517 g/mol. The maximum absolute atomic E-state index is 12.9. The molecule has 0 aliphatic carbocycles.